The summed E-state index contributed by atoms with van der Waals surface area (Å²) in [4.78, 5) is 0. The van der Waals surface area contributed by atoms with Gasteiger partial charge in [0.05, 0.1) is 13.2 Å². The van der Waals surface area contributed by atoms with Crippen LogP contribution in [-0.2, 0) is 4.74 Å². The van der Waals surface area contributed by atoms with Crippen LogP contribution in [0.3, 0.4) is 0 Å². The smallest absolute Gasteiger partial charge is 0.0544 e. The van der Waals surface area contributed by atoms with E-state index >= 15 is 0 Å². The Morgan fingerprint density at radius 2 is 1.92 bits per heavy atom. The molecule has 76 valence electrons. The fourth-order valence-electron chi connectivity index (χ4n) is 2.20. The third-order valence-electron chi connectivity index (χ3n) is 3.46. The van der Waals surface area contributed by atoms with Gasteiger partial charge in [-0.05, 0) is 31.6 Å². The topological polar surface area (TPSA) is 29.5 Å². The zero-order chi connectivity index (χ0) is 9.15. The molecule has 0 spiro atoms. The highest BCUT2D eigenvalue weighted by molar-refractivity contribution is 4.84. The lowest BCUT2D eigenvalue weighted by Gasteiger charge is -2.25. The van der Waals surface area contributed by atoms with Crippen molar-refractivity contribution in [2.75, 3.05) is 19.8 Å². The van der Waals surface area contributed by atoms with Crippen molar-refractivity contribution in [2.24, 2.45) is 11.3 Å². The maximum Gasteiger partial charge on any atom is 0.0544 e. The third-order valence-corrected chi connectivity index (χ3v) is 3.46. The Morgan fingerprint density at radius 1 is 1.23 bits per heavy atom. The van der Waals surface area contributed by atoms with Crippen molar-refractivity contribution >= 4 is 0 Å². The lowest BCUT2D eigenvalue weighted by atomic mass is 9.88. The van der Waals surface area contributed by atoms with E-state index in [2.05, 4.69) is 0 Å². The normalized spacial score (nSPS) is 26.5. The average molecular weight is 184 g/mol. The molecule has 13 heavy (non-hydrogen) atoms. The van der Waals surface area contributed by atoms with E-state index in [9.17, 15) is 5.11 Å². The van der Waals surface area contributed by atoms with Gasteiger partial charge in [-0.2, -0.15) is 0 Å². The third kappa shape index (κ3) is 2.44. The average Bonchev–Trinajstić information content (AvgIpc) is 2.84. The quantitative estimate of drug-likeness (QED) is 0.707. The zero-order valence-electron chi connectivity index (χ0n) is 8.30. The van der Waals surface area contributed by atoms with Crippen LogP contribution in [0.15, 0.2) is 0 Å². The fourth-order valence-corrected chi connectivity index (χ4v) is 2.20. The van der Waals surface area contributed by atoms with Crippen LogP contribution in [0.4, 0.5) is 0 Å². The summed E-state index contributed by atoms with van der Waals surface area (Å²) < 4.78 is 5.68. The predicted octanol–water partition coefficient (Wildman–Crippen LogP) is 1.97. The summed E-state index contributed by atoms with van der Waals surface area (Å²) in [5, 5.41) is 9.32. The van der Waals surface area contributed by atoms with Crippen molar-refractivity contribution in [2.45, 2.75) is 38.5 Å². The number of aliphatic hydroxyl groups excluding tert-OH is 1. The number of aliphatic hydroxyl groups is 1. The zero-order valence-corrected chi connectivity index (χ0v) is 8.30. The van der Waals surface area contributed by atoms with Gasteiger partial charge in [0.15, 0.2) is 0 Å². The first-order valence-electron chi connectivity index (χ1n) is 5.53. The Morgan fingerprint density at radius 3 is 2.46 bits per heavy atom. The summed E-state index contributed by atoms with van der Waals surface area (Å²) in [6, 6.07) is 0. The summed E-state index contributed by atoms with van der Waals surface area (Å²) in [6.07, 6.45) is 7.57. The van der Waals surface area contributed by atoms with Crippen LogP contribution >= 0.6 is 0 Å². The first-order valence-corrected chi connectivity index (χ1v) is 5.53. The first kappa shape index (κ1) is 9.47. The minimum Gasteiger partial charge on any atom is -0.396 e. The van der Waals surface area contributed by atoms with Gasteiger partial charge in [-0.1, -0.05) is 12.8 Å². The Kier molecular flexibility index (Phi) is 2.89. The standard InChI is InChI=1S/C11H20O2/c12-8-11(5-1-2-6-11)9-13-7-10-3-4-10/h10,12H,1-9H2. The maximum atomic E-state index is 9.32. The second-order valence-electron chi connectivity index (χ2n) is 4.82. The molecule has 0 aromatic rings. The Hall–Kier alpha value is -0.0800. The maximum absolute atomic E-state index is 9.32. The van der Waals surface area contributed by atoms with Crippen molar-refractivity contribution in [3.8, 4) is 0 Å². The fraction of sp³-hybridized carbons (Fsp3) is 1.00. The molecular weight excluding hydrogens is 164 g/mol. The van der Waals surface area contributed by atoms with Crippen LogP contribution in [0.5, 0.6) is 0 Å². The van der Waals surface area contributed by atoms with E-state index in [4.69, 9.17) is 4.74 Å². The molecule has 2 saturated carbocycles. The summed E-state index contributed by atoms with van der Waals surface area (Å²) >= 11 is 0. The number of rotatable bonds is 5. The molecule has 0 bridgehead atoms. The molecule has 2 heteroatoms. The Labute approximate surface area is 80.3 Å². The van der Waals surface area contributed by atoms with Crippen LogP contribution in [0.2, 0.25) is 0 Å². The number of ether oxygens (including phenoxy) is 1. The van der Waals surface area contributed by atoms with Gasteiger partial charge in [-0.25, -0.2) is 0 Å². The highest BCUT2D eigenvalue weighted by Gasteiger charge is 2.34. The largest absolute Gasteiger partial charge is 0.396 e. The second kappa shape index (κ2) is 3.97. The molecule has 2 nitrogen and oxygen atoms in total. The van der Waals surface area contributed by atoms with Crippen molar-refractivity contribution in [1.82, 2.24) is 0 Å². The summed E-state index contributed by atoms with van der Waals surface area (Å²) in [5.74, 6) is 0.845. The van der Waals surface area contributed by atoms with Gasteiger partial charge in [0, 0.05) is 12.0 Å². The molecular formula is C11H20O2. The van der Waals surface area contributed by atoms with E-state index in [0.717, 1.165) is 32.0 Å². The number of hydrogen-bond donors (Lipinski definition) is 1. The second-order valence-corrected chi connectivity index (χ2v) is 4.82. The summed E-state index contributed by atoms with van der Waals surface area (Å²) in [7, 11) is 0. The van der Waals surface area contributed by atoms with Gasteiger partial charge in [-0.3, -0.25) is 0 Å². The van der Waals surface area contributed by atoms with Crippen molar-refractivity contribution in [3.63, 3.8) is 0 Å². The highest BCUT2D eigenvalue weighted by Crippen LogP contribution is 2.38. The molecule has 2 aliphatic rings. The van der Waals surface area contributed by atoms with Crippen LogP contribution in [0.1, 0.15) is 38.5 Å². The van der Waals surface area contributed by atoms with Crippen LogP contribution in [0, 0.1) is 11.3 Å². The van der Waals surface area contributed by atoms with Crippen molar-refractivity contribution in [3.05, 3.63) is 0 Å². The lowest BCUT2D eigenvalue weighted by Crippen LogP contribution is -2.28. The molecule has 0 heterocycles. The monoisotopic (exact) mass is 184 g/mol. The molecule has 0 unspecified atom stereocenters. The summed E-state index contributed by atoms with van der Waals surface area (Å²) in [6.45, 7) is 2.04. The van der Waals surface area contributed by atoms with Gasteiger partial charge < -0.3 is 9.84 Å². The molecule has 0 aromatic carbocycles. The SMILES string of the molecule is OCC1(COCC2CC2)CCCC1. The van der Waals surface area contributed by atoms with E-state index in [-0.39, 0.29) is 5.41 Å². The molecule has 2 aliphatic carbocycles. The molecule has 0 radical (unpaired) electrons. The van der Waals surface area contributed by atoms with Crippen LogP contribution in [-0.4, -0.2) is 24.9 Å². The lowest BCUT2D eigenvalue weighted by molar-refractivity contribution is 0.00635. The molecule has 0 atom stereocenters. The summed E-state index contributed by atoms with van der Waals surface area (Å²) in [5.41, 5.74) is 0.134. The van der Waals surface area contributed by atoms with E-state index in [1.165, 1.54) is 25.7 Å². The molecule has 0 amide bonds. The molecule has 2 rings (SSSR count). The Bertz CT molecular complexity index is 157. The van der Waals surface area contributed by atoms with E-state index in [0.29, 0.717) is 6.61 Å². The van der Waals surface area contributed by atoms with E-state index in [1.54, 1.807) is 0 Å². The molecule has 0 aliphatic heterocycles. The minimum absolute atomic E-state index is 0.134. The van der Waals surface area contributed by atoms with Crippen LogP contribution in [0.25, 0.3) is 0 Å². The minimum atomic E-state index is 0.134. The molecule has 2 fully saturated rings. The molecule has 0 aromatic heterocycles. The van der Waals surface area contributed by atoms with Crippen molar-refractivity contribution < 1.29 is 9.84 Å². The van der Waals surface area contributed by atoms with Gasteiger partial charge in [0.25, 0.3) is 0 Å². The van der Waals surface area contributed by atoms with Crippen LogP contribution < -0.4 is 0 Å². The molecule has 0 saturated heterocycles. The highest BCUT2D eigenvalue weighted by atomic mass is 16.5. The van der Waals surface area contributed by atoms with Gasteiger partial charge >= 0.3 is 0 Å². The van der Waals surface area contributed by atoms with Crippen molar-refractivity contribution in [1.29, 1.82) is 0 Å². The van der Waals surface area contributed by atoms with E-state index in [1.807, 2.05) is 0 Å². The van der Waals surface area contributed by atoms with Gasteiger partial charge in [-0.15, -0.1) is 0 Å². The van der Waals surface area contributed by atoms with Gasteiger partial charge in [0.2, 0.25) is 0 Å². The Balaban J connectivity index is 1.69. The van der Waals surface area contributed by atoms with Gasteiger partial charge in [0.1, 0.15) is 0 Å². The predicted molar refractivity (Wildman–Crippen MR) is 51.5 cm³/mol. The first-order chi connectivity index (χ1) is 6.35. The number of hydrogen-bond acceptors (Lipinski definition) is 2. The van der Waals surface area contributed by atoms with E-state index < -0.39 is 0 Å². The molecule has 1 N–H and O–H groups in total.